The van der Waals surface area contributed by atoms with E-state index in [4.69, 9.17) is 33.2 Å². The van der Waals surface area contributed by atoms with Crippen LogP contribution in [0.4, 0.5) is 0 Å². The minimum absolute atomic E-state index is 0.0325. The van der Waals surface area contributed by atoms with E-state index < -0.39 is 0 Å². The number of benzene rings is 2. The molecule has 2 aromatic carbocycles. The number of hydrogen-bond donors (Lipinski definition) is 0. The molecule has 4 atom stereocenters. The first kappa shape index (κ1) is 15.4. The van der Waals surface area contributed by atoms with E-state index in [1.165, 1.54) is 0 Å². The quantitative estimate of drug-likeness (QED) is 0.823. The van der Waals surface area contributed by atoms with E-state index in [0.29, 0.717) is 24.7 Å². The van der Waals surface area contributed by atoms with Crippen molar-refractivity contribution in [1.29, 1.82) is 0 Å². The Hall–Kier alpha value is -2.64. The minimum atomic E-state index is -0.339. The molecule has 2 unspecified atom stereocenters. The minimum Gasteiger partial charge on any atom is -0.464 e. The van der Waals surface area contributed by atoms with Gasteiger partial charge in [0.25, 0.3) is 0 Å². The zero-order valence-corrected chi connectivity index (χ0v) is 14.5. The highest BCUT2D eigenvalue weighted by Crippen LogP contribution is 2.47. The van der Waals surface area contributed by atoms with Gasteiger partial charge < -0.3 is 33.2 Å². The smallest absolute Gasteiger partial charge is 0.231 e. The van der Waals surface area contributed by atoms with Gasteiger partial charge in [0.05, 0.1) is 25.2 Å². The van der Waals surface area contributed by atoms with Crippen LogP contribution in [0.5, 0.6) is 28.7 Å². The highest BCUT2D eigenvalue weighted by molar-refractivity contribution is 5.47. The predicted octanol–water partition coefficient (Wildman–Crippen LogP) is 2.88. The molecule has 0 amide bonds. The van der Waals surface area contributed by atoms with Crippen LogP contribution in [0.15, 0.2) is 36.4 Å². The van der Waals surface area contributed by atoms with Crippen LogP contribution in [-0.4, -0.2) is 33.1 Å². The Bertz CT molecular complexity index is 883. The largest absolute Gasteiger partial charge is 0.464 e. The molecule has 2 saturated heterocycles. The first-order chi connectivity index (χ1) is 13.3. The zero-order valence-electron chi connectivity index (χ0n) is 14.5. The summed E-state index contributed by atoms with van der Waals surface area (Å²) in [5.41, 5.74) is 1.08. The molecule has 0 aliphatic carbocycles. The molecule has 140 valence electrons. The highest BCUT2D eigenvalue weighted by Gasteiger charge is 2.49. The Morgan fingerprint density at radius 2 is 1.41 bits per heavy atom. The van der Waals surface area contributed by atoms with Crippen molar-refractivity contribution in [1.82, 2.24) is 0 Å². The Kier molecular flexibility index (Phi) is 3.39. The maximum atomic E-state index is 6.11. The summed E-state index contributed by atoms with van der Waals surface area (Å²) in [4.78, 5) is 0. The van der Waals surface area contributed by atoms with Gasteiger partial charge in [-0.3, -0.25) is 0 Å². The topological polar surface area (TPSA) is 64.6 Å². The van der Waals surface area contributed by atoms with E-state index in [2.05, 4.69) is 0 Å². The molecule has 0 aromatic heterocycles. The maximum absolute atomic E-state index is 6.11. The van der Waals surface area contributed by atoms with Crippen molar-refractivity contribution in [2.45, 2.75) is 12.4 Å². The van der Waals surface area contributed by atoms with E-state index in [1.54, 1.807) is 0 Å². The van der Waals surface area contributed by atoms with Gasteiger partial charge in [0, 0.05) is 12.0 Å². The van der Waals surface area contributed by atoms with Crippen molar-refractivity contribution in [3.8, 4) is 28.7 Å². The Balaban J connectivity index is 1.19. The fraction of sp³-hybridized carbons (Fsp3) is 0.400. The molecule has 0 spiro atoms. The van der Waals surface area contributed by atoms with E-state index in [-0.39, 0.29) is 37.8 Å². The number of hydrogen-bond acceptors (Lipinski definition) is 7. The summed E-state index contributed by atoms with van der Waals surface area (Å²) in [5, 5.41) is 0. The van der Waals surface area contributed by atoms with E-state index in [1.807, 2.05) is 36.4 Å². The van der Waals surface area contributed by atoms with Gasteiger partial charge in [-0.25, -0.2) is 0 Å². The molecule has 0 radical (unpaired) electrons. The van der Waals surface area contributed by atoms with Gasteiger partial charge in [0.15, 0.2) is 23.0 Å². The van der Waals surface area contributed by atoms with Gasteiger partial charge in [0.2, 0.25) is 19.9 Å². The second kappa shape index (κ2) is 5.94. The average molecular weight is 370 g/mol. The van der Waals surface area contributed by atoms with Crippen LogP contribution in [0.2, 0.25) is 0 Å². The monoisotopic (exact) mass is 370 g/mol. The van der Waals surface area contributed by atoms with Crippen molar-refractivity contribution in [3.05, 3.63) is 42.0 Å². The van der Waals surface area contributed by atoms with Crippen molar-refractivity contribution in [2.24, 2.45) is 11.8 Å². The van der Waals surface area contributed by atoms with Crippen LogP contribution >= 0.6 is 0 Å². The number of ether oxygens (including phenoxy) is 7. The summed E-state index contributed by atoms with van der Waals surface area (Å²) in [7, 11) is 0. The summed E-state index contributed by atoms with van der Waals surface area (Å²) < 4.78 is 39.8. The van der Waals surface area contributed by atoms with Crippen LogP contribution in [0, 0.1) is 11.8 Å². The Morgan fingerprint density at radius 3 is 2.26 bits per heavy atom. The molecule has 7 nitrogen and oxygen atoms in total. The molecule has 0 bridgehead atoms. The summed E-state index contributed by atoms with van der Waals surface area (Å²) in [6.07, 6.45) is -0.371. The molecule has 4 heterocycles. The lowest BCUT2D eigenvalue weighted by molar-refractivity contribution is -0.0788. The van der Waals surface area contributed by atoms with Crippen LogP contribution in [0.1, 0.15) is 11.7 Å². The summed E-state index contributed by atoms with van der Waals surface area (Å²) in [5.74, 6) is 4.10. The molecule has 6 rings (SSSR count). The van der Waals surface area contributed by atoms with Gasteiger partial charge in [-0.05, 0) is 29.8 Å². The molecule has 0 N–H and O–H groups in total. The number of fused-ring (bicyclic) bond motifs is 3. The van der Waals surface area contributed by atoms with Gasteiger partial charge in [0.1, 0.15) is 5.75 Å². The van der Waals surface area contributed by atoms with Gasteiger partial charge in [-0.1, -0.05) is 6.07 Å². The van der Waals surface area contributed by atoms with E-state index in [0.717, 1.165) is 22.8 Å². The normalized spacial score (nSPS) is 29.8. The Labute approximate surface area is 155 Å². The third-order valence-corrected chi connectivity index (χ3v) is 5.53. The van der Waals surface area contributed by atoms with E-state index in [9.17, 15) is 0 Å². The van der Waals surface area contributed by atoms with Crippen molar-refractivity contribution < 1.29 is 33.2 Å². The third kappa shape index (κ3) is 2.49. The molecule has 4 aliphatic heterocycles. The van der Waals surface area contributed by atoms with Gasteiger partial charge in [-0.15, -0.1) is 0 Å². The lowest BCUT2D eigenvalue weighted by atomic mass is 9.89. The van der Waals surface area contributed by atoms with Crippen LogP contribution in [-0.2, 0) is 9.47 Å². The fourth-order valence-electron chi connectivity index (χ4n) is 4.15. The van der Waals surface area contributed by atoms with Crippen LogP contribution in [0.3, 0.4) is 0 Å². The summed E-state index contributed by atoms with van der Waals surface area (Å²) in [6, 6.07) is 11.5. The molecular weight excluding hydrogens is 352 g/mol. The lowest BCUT2D eigenvalue weighted by Gasteiger charge is -2.18. The Morgan fingerprint density at radius 1 is 0.704 bits per heavy atom. The first-order valence-corrected chi connectivity index (χ1v) is 9.04. The molecule has 27 heavy (non-hydrogen) atoms. The average Bonchev–Trinajstić information content (AvgIpc) is 3.46. The summed E-state index contributed by atoms with van der Waals surface area (Å²) in [6.45, 7) is 1.71. The third-order valence-electron chi connectivity index (χ3n) is 5.53. The van der Waals surface area contributed by atoms with E-state index >= 15 is 0 Å². The second-order valence-corrected chi connectivity index (χ2v) is 7.03. The van der Waals surface area contributed by atoms with Gasteiger partial charge in [-0.2, -0.15) is 0 Å². The second-order valence-electron chi connectivity index (χ2n) is 7.03. The number of rotatable bonds is 3. The SMILES string of the molecule is c1cc2c(cc1OC1OC[C@H]3C(c4ccc5c(c4)OCO5)OC[C@@H]13)OCO2. The van der Waals surface area contributed by atoms with Crippen molar-refractivity contribution in [3.63, 3.8) is 0 Å². The fourth-order valence-corrected chi connectivity index (χ4v) is 4.15. The molecule has 2 fully saturated rings. The summed E-state index contributed by atoms with van der Waals surface area (Å²) >= 11 is 0. The van der Waals surface area contributed by atoms with Gasteiger partial charge >= 0.3 is 0 Å². The molecule has 2 aromatic rings. The molecule has 4 aliphatic rings. The van der Waals surface area contributed by atoms with Crippen molar-refractivity contribution >= 4 is 0 Å². The van der Waals surface area contributed by atoms with Crippen molar-refractivity contribution in [2.75, 3.05) is 26.8 Å². The standard InChI is InChI=1S/C20H18O7/c1-3-15-17(25-9-23-15)5-11(1)19-13-7-22-20(14(13)8-21-19)27-12-2-4-16-18(6-12)26-10-24-16/h1-6,13-14,19-20H,7-10H2/t13-,14-,19?,20?/m1/s1. The molecule has 7 heteroatoms. The predicted molar refractivity (Wildman–Crippen MR) is 91.2 cm³/mol. The maximum Gasteiger partial charge on any atom is 0.231 e. The lowest BCUT2D eigenvalue weighted by Crippen LogP contribution is -2.26. The highest BCUT2D eigenvalue weighted by atomic mass is 16.7. The molecule has 0 saturated carbocycles. The van der Waals surface area contributed by atoms with Crippen LogP contribution < -0.4 is 23.7 Å². The first-order valence-electron chi connectivity index (χ1n) is 9.04. The van der Waals surface area contributed by atoms with Crippen LogP contribution in [0.25, 0.3) is 0 Å². The zero-order chi connectivity index (χ0) is 17.8. The molecular formula is C20H18O7.